The molecule has 2 aromatic rings. The number of nitrogens with one attached hydrogen (secondary N) is 2. The summed E-state index contributed by atoms with van der Waals surface area (Å²) in [6.45, 7) is 1.34. The van der Waals surface area contributed by atoms with Crippen LogP contribution in [0.4, 0.5) is 16.2 Å². The number of nitrogens with zero attached hydrogens (tertiary/aromatic N) is 1. The predicted octanol–water partition coefficient (Wildman–Crippen LogP) is 2.68. The molecule has 0 saturated carbocycles. The lowest BCUT2D eigenvalue weighted by atomic mass is 9.98. The highest BCUT2D eigenvalue weighted by molar-refractivity contribution is 7.89. The summed E-state index contributed by atoms with van der Waals surface area (Å²) >= 11 is 0. The molecule has 2 aliphatic rings. The van der Waals surface area contributed by atoms with Crippen LogP contribution in [0.3, 0.4) is 0 Å². The lowest BCUT2D eigenvalue weighted by Crippen LogP contribution is -2.43. The first-order valence-electron chi connectivity index (χ1n) is 10.5. The smallest absolute Gasteiger partial charge is 0.411 e. The van der Waals surface area contributed by atoms with Crippen LogP contribution in [0, 0.1) is 5.92 Å². The van der Waals surface area contributed by atoms with Crippen molar-refractivity contribution in [2.75, 3.05) is 44.0 Å². The van der Waals surface area contributed by atoms with Gasteiger partial charge in [-0.3, -0.25) is 10.1 Å². The Hall–Kier alpha value is -3.31. The Labute approximate surface area is 191 Å². The molecule has 0 bridgehead atoms. The number of amides is 2. The summed E-state index contributed by atoms with van der Waals surface area (Å²) in [6, 6.07) is 11.0. The molecule has 2 amide bonds. The van der Waals surface area contributed by atoms with Crippen molar-refractivity contribution in [3.63, 3.8) is 0 Å². The van der Waals surface area contributed by atoms with Crippen LogP contribution >= 0.6 is 0 Å². The topological polar surface area (TPSA) is 123 Å². The molecule has 0 unspecified atom stereocenters. The largest absolute Gasteiger partial charge is 0.486 e. The van der Waals surface area contributed by atoms with E-state index < -0.39 is 22.0 Å². The van der Waals surface area contributed by atoms with Gasteiger partial charge in [0.15, 0.2) is 11.5 Å². The van der Waals surface area contributed by atoms with E-state index >= 15 is 0 Å². The molecule has 1 saturated heterocycles. The van der Waals surface area contributed by atoms with Crippen LogP contribution in [0.1, 0.15) is 12.8 Å². The fraction of sp³-hybridized carbons (Fsp3) is 0.364. The van der Waals surface area contributed by atoms with Gasteiger partial charge in [-0.05, 0) is 49.2 Å². The molecule has 10 nitrogen and oxygen atoms in total. The second kappa shape index (κ2) is 9.67. The first-order valence-corrected chi connectivity index (χ1v) is 12.0. The van der Waals surface area contributed by atoms with E-state index in [1.165, 1.54) is 35.7 Å². The van der Waals surface area contributed by atoms with E-state index in [9.17, 15) is 18.0 Å². The monoisotopic (exact) mass is 475 g/mol. The van der Waals surface area contributed by atoms with Crippen molar-refractivity contribution in [2.24, 2.45) is 5.92 Å². The number of rotatable bonds is 5. The van der Waals surface area contributed by atoms with Gasteiger partial charge < -0.3 is 19.5 Å². The number of ether oxygens (including phenoxy) is 3. The summed E-state index contributed by atoms with van der Waals surface area (Å²) in [7, 11) is -2.55. The fourth-order valence-electron chi connectivity index (χ4n) is 3.77. The third-order valence-electron chi connectivity index (χ3n) is 5.49. The molecule has 176 valence electrons. The summed E-state index contributed by atoms with van der Waals surface area (Å²) in [5, 5.41) is 5.33. The van der Waals surface area contributed by atoms with Crippen LogP contribution in [-0.2, 0) is 19.6 Å². The van der Waals surface area contributed by atoms with E-state index in [-0.39, 0.29) is 17.3 Å². The van der Waals surface area contributed by atoms with Gasteiger partial charge in [0.25, 0.3) is 0 Å². The normalized spacial score (nSPS) is 18.3. The fourth-order valence-corrected chi connectivity index (χ4v) is 5.29. The van der Waals surface area contributed by atoms with Gasteiger partial charge in [-0.15, -0.1) is 0 Å². The second-order valence-corrected chi connectivity index (χ2v) is 9.63. The minimum absolute atomic E-state index is 0.0842. The van der Waals surface area contributed by atoms with E-state index in [4.69, 9.17) is 9.47 Å². The Morgan fingerprint density at radius 3 is 2.42 bits per heavy atom. The van der Waals surface area contributed by atoms with Crippen LogP contribution in [0.15, 0.2) is 47.4 Å². The van der Waals surface area contributed by atoms with Gasteiger partial charge in [-0.1, -0.05) is 0 Å². The maximum atomic E-state index is 13.1. The van der Waals surface area contributed by atoms with E-state index in [2.05, 4.69) is 15.4 Å². The molecule has 0 spiro atoms. The molecule has 2 aliphatic heterocycles. The Kier molecular flexibility index (Phi) is 6.70. The molecule has 2 N–H and O–H groups in total. The highest BCUT2D eigenvalue weighted by atomic mass is 32.2. The average Bonchev–Trinajstić information content (AvgIpc) is 2.84. The van der Waals surface area contributed by atoms with E-state index in [0.717, 1.165) is 0 Å². The van der Waals surface area contributed by atoms with Crippen molar-refractivity contribution < 1.29 is 32.2 Å². The van der Waals surface area contributed by atoms with Crippen LogP contribution in [0.5, 0.6) is 11.5 Å². The molecule has 2 heterocycles. The Morgan fingerprint density at radius 1 is 1.00 bits per heavy atom. The van der Waals surface area contributed by atoms with Crippen molar-refractivity contribution >= 4 is 33.4 Å². The maximum Gasteiger partial charge on any atom is 0.411 e. The summed E-state index contributed by atoms with van der Waals surface area (Å²) in [5.41, 5.74) is 0.981. The number of carbonyl (C=O) groups is 2. The number of anilines is 2. The van der Waals surface area contributed by atoms with Crippen LogP contribution in [0.2, 0.25) is 0 Å². The third-order valence-corrected chi connectivity index (χ3v) is 7.37. The Bertz CT molecular complexity index is 1140. The lowest BCUT2D eigenvalue weighted by Gasteiger charge is -2.31. The highest BCUT2D eigenvalue weighted by Crippen LogP contribution is 2.33. The number of piperidine rings is 1. The summed E-state index contributed by atoms with van der Waals surface area (Å²) in [4.78, 5) is 24.3. The van der Waals surface area contributed by atoms with Crippen molar-refractivity contribution in [2.45, 2.75) is 17.7 Å². The van der Waals surface area contributed by atoms with Crippen molar-refractivity contribution in [1.29, 1.82) is 0 Å². The SMILES string of the molecule is COC(=O)Nc1ccc(S(=O)(=O)N2CCC[C@H](C(=O)Nc3ccc4c(c3)OCCO4)C2)cc1. The first kappa shape index (κ1) is 22.9. The average molecular weight is 476 g/mol. The van der Waals surface area contributed by atoms with E-state index in [0.29, 0.717) is 55.5 Å². The van der Waals surface area contributed by atoms with Crippen LogP contribution < -0.4 is 20.1 Å². The van der Waals surface area contributed by atoms with E-state index in [1.54, 1.807) is 18.2 Å². The molecule has 1 fully saturated rings. The molecular weight excluding hydrogens is 450 g/mol. The number of benzene rings is 2. The molecule has 0 aliphatic carbocycles. The van der Waals surface area contributed by atoms with Gasteiger partial charge in [0.2, 0.25) is 15.9 Å². The minimum atomic E-state index is -3.79. The Morgan fingerprint density at radius 2 is 1.70 bits per heavy atom. The molecule has 11 heteroatoms. The zero-order valence-corrected chi connectivity index (χ0v) is 18.9. The summed E-state index contributed by atoms with van der Waals surface area (Å²) < 4.78 is 43.1. The number of methoxy groups -OCH3 is 1. The summed E-state index contributed by atoms with van der Waals surface area (Å²) in [5.74, 6) is 0.463. The van der Waals surface area contributed by atoms with Gasteiger partial charge >= 0.3 is 6.09 Å². The predicted molar refractivity (Wildman–Crippen MR) is 120 cm³/mol. The van der Waals surface area contributed by atoms with Gasteiger partial charge in [0, 0.05) is 30.5 Å². The highest BCUT2D eigenvalue weighted by Gasteiger charge is 2.33. The van der Waals surface area contributed by atoms with Crippen LogP contribution in [-0.4, -0.2) is 58.1 Å². The van der Waals surface area contributed by atoms with Crippen molar-refractivity contribution in [1.82, 2.24) is 4.31 Å². The molecular formula is C22H25N3O7S. The van der Waals surface area contributed by atoms with Crippen molar-refractivity contribution in [3.05, 3.63) is 42.5 Å². The molecule has 2 aromatic carbocycles. The molecule has 1 atom stereocenters. The number of carbonyl (C=O) groups excluding carboxylic acids is 2. The molecule has 0 radical (unpaired) electrons. The van der Waals surface area contributed by atoms with Gasteiger partial charge in [0.05, 0.1) is 17.9 Å². The number of hydrogen-bond donors (Lipinski definition) is 2. The molecule has 33 heavy (non-hydrogen) atoms. The lowest BCUT2D eigenvalue weighted by molar-refractivity contribution is -0.120. The first-order chi connectivity index (χ1) is 15.9. The minimum Gasteiger partial charge on any atom is -0.486 e. The van der Waals surface area contributed by atoms with Gasteiger partial charge in [-0.2, -0.15) is 4.31 Å². The van der Waals surface area contributed by atoms with Gasteiger partial charge in [0.1, 0.15) is 13.2 Å². The third kappa shape index (κ3) is 5.20. The number of sulfonamides is 1. The molecule has 0 aromatic heterocycles. The summed E-state index contributed by atoms with van der Waals surface area (Å²) in [6.07, 6.45) is 0.513. The van der Waals surface area contributed by atoms with Crippen LogP contribution in [0.25, 0.3) is 0 Å². The van der Waals surface area contributed by atoms with E-state index in [1.807, 2.05) is 0 Å². The second-order valence-electron chi connectivity index (χ2n) is 7.69. The zero-order chi connectivity index (χ0) is 23.4. The zero-order valence-electron chi connectivity index (χ0n) is 18.1. The maximum absolute atomic E-state index is 13.1. The number of hydrogen-bond acceptors (Lipinski definition) is 7. The standard InChI is InChI=1S/C22H25N3O7S/c1-30-22(27)24-16-4-7-18(8-5-16)33(28,29)25-10-2-3-15(14-25)21(26)23-17-6-9-19-20(13-17)32-12-11-31-19/h4-9,13,15H,2-3,10-12,14H2,1H3,(H,23,26)(H,24,27)/t15-/m0/s1. The number of fused-ring (bicyclic) bond motifs is 1. The van der Waals surface area contributed by atoms with Gasteiger partial charge in [-0.25, -0.2) is 13.2 Å². The molecule has 4 rings (SSSR count). The Balaban J connectivity index is 1.42. The quantitative estimate of drug-likeness (QED) is 0.681. The van der Waals surface area contributed by atoms with Crippen molar-refractivity contribution in [3.8, 4) is 11.5 Å².